The first-order valence-electron chi connectivity index (χ1n) is 6.45. The number of rotatable bonds is 3. The van der Waals surface area contributed by atoms with Gasteiger partial charge in [0.15, 0.2) is 0 Å². The molecular weight excluding hydrogens is 342 g/mol. The van der Waals surface area contributed by atoms with Gasteiger partial charge in [0.2, 0.25) is 0 Å². The molecule has 1 fully saturated rings. The largest absolute Gasteiger partial charge is 0.489 e. The third kappa shape index (κ3) is 3.74. The fraction of sp³-hybridized carbons (Fsp3) is 0.500. The zero-order valence-corrected chi connectivity index (χ0v) is 13.6. The number of halogens is 1. The molecule has 0 aliphatic heterocycles. The van der Waals surface area contributed by atoms with Crippen molar-refractivity contribution in [2.45, 2.75) is 37.0 Å². The topological polar surface area (TPSA) is 67.2 Å². The summed E-state index contributed by atoms with van der Waals surface area (Å²) in [6.07, 6.45) is 4.00. The molecule has 1 aliphatic rings. The minimum absolute atomic E-state index is 0.142. The average Bonchev–Trinajstić information content (AvgIpc) is 2.40. The standard InChI is InChI=1S/C14H16BrNO3S/c1-20(17,18)13-4-2-3-12(8-13)19-14-6-5-11(15)7-10(14)9-16/h5-7,12-13H,2-4,8H2,1H3. The molecule has 0 radical (unpaired) electrons. The lowest BCUT2D eigenvalue weighted by molar-refractivity contribution is 0.156. The van der Waals surface area contributed by atoms with Crippen LogP contribution in [0.2, 0.25) is 0 Å². The van der Waals surface area contributed by atoms with Crippen molar-refractivity contribution in [2.24, 2.45) is 0 Å². The van der Waals surface area contributed by atoms with Gasteiger partial charge in [-0.2, -0.15) is 5.26 Å². The lowest BCUT2D eigenvalue weighted by atomic mass is 9.97. The number of ether oxygens (including phenoxy) is 1. The SMILES string of the molecule is CS(=O)(=O)C1CCCC(Oc2ccc(Br)cc2C#N)C1. The van der Waals surface area contributed by atoms with Gasteiger partial charge in [-0.1, -0.05) is 15.9 Å². The first-order valence-corrected chi connectivity index (χ1v) is 9.20. The zero-order chi connectivity index (χ0) is 14.8. The van der Waals surface area contributed by atoms with Gasteiger partial charge in [0, 0.05) is 17.1 Å². The highest BCUT2D eigenvalue weighted by Gasteiger charge is 2.30. The van der Waals surface area contributed by atoms with Gasteiger partial charge in [-0.25, -0.2) is 8.42 Å². The van der Waals surface area contributed by atoms with Crippen molar-refractivity contribution in [3.8, 4) is 11.8 Å². The van der Waals surface area contributed by atoms with Crippen molar-refractivity contribution >= 4 is 25.8 Å². The Balaban J connectivity index is 2.13. The molecule has 0 bridgehead atoms. The highest BCUT2D eigenvalue weighted by atomic mass is 79.9. The molecule has 2 atom stereocenters. The molecule has 20 heavy (non-hydrogen) atoms. The van der Waals surface area contributed by atoms with Gasteiger partial charge < -0.3 is 4.74 Å². The van der Waals surface area contributed by atoms with E-state index < -0.39 is 9.84 Å². The fourth-order valence-corrected chi connectivity index (χ4v) is 3.99. The lowest BCUT2D eigenvalue weighted by Crippen LogP contribution is -2.33. The van der Waals surface area contributed by atoms with E-state index in [-0.39, 0.29) is 11.4 Å². The Morgan fingerprint density at radius 1 is 1.40 bits per heavy atom. The van der Waals surface area contributed by atoms with E-state index >= 15 is 0 Å². The summed E-state index contributed by atoms with van der Waals surface area (Å²) in [6.45, 7) is 0. The summed E-state index contributed by atoms with van der Waals surface area (Å²) in [5, 5.41) is 8.78. The Labute approximate surface area is 127 Å². The molecule has 4 nitrogen and oxygen atoms in total. The maximum atomic E-state index is 11.6. The summed E-state index contributed by atoms with van der Waals surface area (Å²) in [6, 6.07) is 7.35. The van der Waals surface area contributed by atoms with Crippen molar-refractivity contribution in [2.75, 3.05) is 6.26 Å². The number of sulfone groups is 1. The van der Waals surface area contributed by atoms with Gasteiger partial charge in [0.1, 0.15) is 27.8 Å². The van der Waals surface area contributed by atoms with E-state index in [9.17, 15) is 8.42 Å². The van der Waals surface area contributed by atoms with Gasteiger partial charge in [0.25, 0.3) is 0 Å². The first kappa shape index (κ1) is 15.3. The smallest absolute Gasteiger partial charge is 0.150 e. The van der Waals surface area contributed by atoms with Gasteiger partial charge in [-0.05, 0) is 37.5 Å². The molecule has 0 heterocycles. The van der Waals surface area contributed by atoms with E-state index in [2.05, 4.69) is 22.0 Å². The molecule has 0 amide bonds. The predicted octanol–water partition coefficient (Wildman–Crippen LogP) is 3.06. The summed E-state index contributed by atoms with van der Waals surface area (Å²) in [5.41, 5.74) is 0.459. The molecule has 0 saturated heterocycles. The third-order valence-corrected chi connectivity index (χ3v) is 5.67. The molecule has 2 rings (SSSR count). The van der Waals surface area contributed by atoms with Crippen LogP contribution in [0.15, 0.2) is 22.7 Å². The maximum Gasteiger partial charge on any atom is 0.150 e. The van der Waals surface area contributed by atoms with Crippen LogP contribution >= 0.6 is 15.9 Å². The number of hydrogen-bond donors (Lipinski definition) is 0. The number of benzene rings is 1. The van der Waals surface area contributed by atoms with E-state index in [4.69, 9.17) is 10.00 Å². The summed E-state index contributed by atoms with van der Waals surface area (Å²) >= 11 is 3.31. The summed E-state index contributed by atoms with van der Waals surface area (Å²) in [7, 11) is -3.03. The van der Waals surface area contributed by atoms with Crippen LogP contribution in [-0.2, 0) is 9.84 Å². The molecule has 2 unspecified atom stereocenters. The van der Waals surface area contributed by atoms with Crippen LogP contribution in [0.4, 0.5) is 0 Å². The van der Waals surface area contributed by atoms with E-state index in [1.807, 2.05) is 6.07 Å². The van der Waals surface area contributed by atoms with Gasteiger partial charge in [-0.3, -0.25) is 0 Å². The molecule has 1 saturated carbocycles. The van der Waals surface area contributed by atoms with Crippen molar-refractivity contribution in [3.63, 3.8) is 0 Å². The fourth-order valence-electron chi connectivity index (χ4n) is 2.47. The molecule has 1 aromatic carbocycles. The summed E-state index contributed by atoms with van der Waals surface area (Å²) < 4.78 is 29.9. The Morgan fingerprint density at radius 2 is 2.15 bits per heavy atom. The van der Waals surface area contributed by atoms with E-state index in [1.165, 1.54) is 6.26 Å². The zero-order valence-electron chi connectivity index (χ0n) is 11.2. The Hall–Kier alpha value is -1.06. The minimum atomic E-state index is -3.03. The highest BCUT2D eigenvalue weighted by molar-refractivity contribution is 9.10. The second-order valence-electron chi connectivity index (χ2n) is 5.11. The van der Waals surface area contributed by atoms with E-state index in [1.54, 1.807) is 12.1 Å². The van der Waals surface area contributed by atoms with Crippen LogP contribution in [0.25, 0.3) is 0 Å². The third-order valence-electron chi connectivity index (χ3n) is 3.54. The molecule has 108 valence electrons. The molecule has 0 N–H and O–H groups in total. The van der Waals surface area contributed by atoms with Crippen LogP contribution < -0.4 is 4.74 Å². The van der Waals surface area contributed by atoms with E-state index in [0.717, 1.165) is 17.3 Å². The van der Waals surface area contributed by atoms with Crippen LogP contribution in [0, 0.1) is 11.3 Å². The Morgan fingerprint density at radius 3 is 2.80 bits per heavy atom. The van der Waals surface area contributed by atoms with Crippen molar-refractivity contribution < 1.29 is 13.2 Å². The molecular formula is C14H16BrNO3S. The molecule has 6 heteroatoms. The van der Waals surface area contributed by atoms with Crippen molar-refractivity contribution in [3.05, 3.63) is 28.2 Å². The van der Waals surface area contributed by atoms with E-state index in [0.29, 0.717) is 24.2 Å². The normalized spacial score (nSPS) is 23.1. The Kier molecular flexibility index (Phi) is 4.71. The quantitative estimate of drug-likeness (QED) is 0.833. The van der Waals surface area contributed by atoms with Gasteiger partial charge in [0.05, 0.1) is 10.8 Å². The number of nitriles is 1. The summed E-state index contributed by atoms with van der Waals surface area (Å²) in [4.78, 5) is 0. The molecule has 1 aromatic rings. The summed E-state index contributed by atoms with van der Waals surface area (Å²) in [5.74, 6) is 0.523. The van der Waals surface area contributed by atoms with Gasteiger partial charge >= 0.3 is 0 Å². The van der Waals surface area contributed by atoms with Crippen LogP contribution in [0.3, 0.4) is 0 Å². The van der Waals surface area contributed by atoms with Gasteiger partial charge in [-0.15, -0.1) is 0 Å². The monoisotopic (exact) mass is 357 g/mol. The maximum absolute atomic E-state index is 11.6. The number of nitrogens with zero attached hydrogens (tertiary/aromatic N) is 1. The molecule has 0 aromatic heterocycles. The Bertz CT molecular complexity index is 636. The molecule has 1 aliphatic carbocycles. The minimum Gasteiger partial charge on any atom is -0.489 e. The molecule has 0 spiro atoms. The first-order chi connectivity index (χ1) is 9.40. The lowest BCUT2D eigenvalue weighted by Gasteiger charge is -2.28. The second kappa shape index (κ2) is 6.15. The van der Waals surface area contributed by atoms with Crippen molar-refractivity contribution in [1.29, 1.82) is 5.26 Å². The number of hydrogen-bond acceptors (Lipinski definition) is 4. The van der Waals surface area contributed by atoms with Crippen molar-refractivity contribution in [1.82, 2.24) is 0 Å². The van der Waals surface area contributed by atoms with Crippen LogP contribution in [0.1, 0.15) is 31.2 Å². The van der Waals surface area contributed by atoms with Crippen LogP contribution in [-0.4, -0.2) is 26.0 Å². The van der Waals surface area contributed by atoms with Crippen LogP contribution in [0.5, 0.6) is 5.75 Å². The predicted molar refractivity (Wildman–Crippen MR) is 80.4 cm³/mol. The average molecular weight is 358 g/mol. The highest BCUT2D eigenvalue weighted by Crippen LogP contribution is 2.30. The second-order valence-corrected chi connectivity index (χ2v) is 8.35.